The molecule has 0 spiro atoms. The summed E-state index contributed by atoms with van der Waals surface area (Å²) >= 11 is 7.97. The van der Waals surface area contributed by atoms with E-state index in [9.17, 15) is 0 Å². The van der Waals surface area contributed by atoms with Gasteiger partial charge in [-0.25, -0.2) is 0 Å². The lowest BCUT2D eigenvalue weighted by atomic mass is 9.72. The molecule has 0 aliphatic heterocycles. The lowest BCUT2D eigenvalue weighted by Crippen LogP contribution is -2.33. The average Bonchev–Trinajstić information content (AvgIpc) is 2.86. The van der Waals surface area contributed by atoms with Crippen LogP contribution < -0.4 is 5.32 Å². The fourth-order valence-corrected chi connectivity index (χ4v) is 4.94. The molecule has 1 aliphatic carbocycles. The SMILES string of the molecule is CCCC1CCC(CNCC(C)C)C(c2ccc(Cl)s2)C1. The lowest BCUT2D eigenvalue weighted by molar-refractivity contribution is 0.221. The van der Waals surface area contributed by atoms with Crippen molar-refractivity contribution in [3.8, 4) is 0 Å². The van der Waals surface area contributed by atoms with Crippen molar-refractivity contribution in [1.29, 1.82) is 0 Å². The molecule has 3 unspecified atom stereocenters. The minimum atomic E-state index is 0.715. The Morgan fingerprint density at radius 1 is 1.33 bits per heavy atom. The first-order valence-electron chi connectivity index (χ1n) is 8.56. The van der Waals surface area contributed by atoms with Gasteiger partial charge in [-0.2, -0.15) is 0 Å². The van der Waals surface area contributed by atoms with Crippen LogP contribution in [0.2, 0.25) is 4.34 Å². The Kier molecular flexibility index (Phi) is 7.04. The summed E-state index contributed by atoms with van der Waals surface area (Å²) in [7, 11) is 0. The number of nitrogens with one attached hydrogen (secondary N) is 1. The molecule has 1 N–H and O–H groups in total. The molecule has 0 bridgehead atoms. The summed E-state index contributed by atoms with van der Waals surface area (Å²) in [5.41, 5.74) is 0. The molecule has 3 atom stereocenters. The normalized spacial score (nSPS) is 26.4. The standard InChI is InChI=1S/C18H30ClNS/c1-4-5-14-6-7-15(12-20-11-13(2)3)16(10-14)17-8-9-18(19)21-17/h8-9,13-16,20H,4-7,10-12H2,1-3H3. The highest BCUT2D eigenvalue weighted by molar-refractivity contribution is 7.16. The first kappa shape index (κ1) is 17.3. The van der Waals surface area contributed by atoms with Crippen molar-refractivity contribution in [2.24, 2.45) is 17.8 Å². The van der Waals surface area contributed by atoms with Gasteiger partial charge in [-0.1, -0.05) is 51.6 Å². The molecule has 120 valence electrons. The van der Waals surface area contributed by atoms with Crippen molar-refractivity contribution in [3.05, 3.63) is 21.3 Å². The van der Waals surface area contributed by atoms with Crippen molar-refractivity contribution < 1.29 is 0 Å². The van der Waals surface area contributed by atoms with E-state index >= 15 is 0 Å². The summed E-state index contributed by atoms with van der Waals surface area (Å²) in [5.74, 6) is 3.15. The van der Waals surface area contributed by atoms with E-state index in [0.717, 1.165) is 35.2 Å². The third-order valence-electron chi connectivity index (χ3n) is 4.72. The van der Waals surface area contributed by atoms with Gasteiger partial charge in [0.05, 0.1) is 4.34 Å². The molecule has 1 aliphatic rings. The first-order chi connectivity index (χ1) is 10.1. The Morgan fingerprint density at radius 2 is 2.14 bits per heavy atom. The van der Waals surface area contributed by atoms with Crippen LogP contribution in [-0.4, -0.2) is 13.1 Å². The summed E-state index contributed by atoms with van der Waals surface area (Å²) in [6.45, 7) is 9.17. The zero-order valence-corrected chi connectivity index (χ0v) is 15.3. The van der Waals surface area contributed by atoms with Crippen molar-refractivity contribution in [2.45, 2.75) is 58.8 Å². The smallest absolute Gasteiger partial charge is 0.0931 e. The highest BCUT2D eigenvalue weighted by Crippen LogP contribution is 2.44. The van der Waals surface area contributed by atoms with Crippen LogP contribution in [-0.2, 0) is 0 Å². The van der Waals surface area contributed by atoms with Gasteiger partial charge in [0.2, 0.25) is 0 Å². The third-order valence-corrected chi connectivity index (χ3v) is 6.08. The Bertz CT molecular complexity index is 415. The largest absolute Gasteiger partial charge is 0.316 e. The summed E-state index contributed by atoms with van der Waals surface area (Å²) in [6, 6.07) is 4.34. The van der Waals surface area contributed by atoms with Crippen molar-refractivity contribution >= 4 is 22.9 Å². The van der Waals surface area contributed by atoms with Crippen molar-refractivity contribution in [3.63, 3.8) is 0 Å². The number of hydrogen-bond donors (Lipinski definition) is 1. The van der Waals surface area contributed by atoms with Crippen LogP contribution >= 0.6 is 22.9 Å². The molecule has 0 saturated heterocycles. The van der Waals surface area contributed by atoms with Crippen molar-refractivity contribution in [2.75, 3.05) is 13.1 Å². The summed E-state index contributed by atoms with van der Waals surface area (Å²) < 4.78 is 0.941. The molecule has 1 heterocycles. The monoisotopic (exact) mass is 327 g/mol. The molecular weight excluding hydrogens is 298 g/mol. The van der Waals surface area contributed by atoms with E-state index in [1.165, 1.54) is 37.0 Å². The van der Waals surface area contributed by atoms with E-state index in [2.05, 4.69) is 38.2 Å². The molecular formula is C18H30ClNS. The molecule has 21 heavy (non-hydrogen) atoms. The Hall–Kier alpha value is -0.0500. The van der Waals surface area contributed by atoms with Crippen LogP contribution in [0.5, 0.6) is 0 Å². The minimum absolute atomic E-state index is 0.715. The molecule has 1 aromatic heterocycles. The van der Waals surface area contributed by atoms with E-state index in [0.29, 0.717) is 5.92 Å². The predicted octanol–water partition coefficient (Wildman–Crippen LogP) is 5.95. The van der Waals surface area contributed by atoms with Crippen LogP contribution in [0.25, 0.3) is 0 Å². The molecule has 0 aromatic carbocycles. The molecule has 1 aromatic rings. The lowest BCUT2D eigenvalue weighted by Gasteiger charge is -2.36. The minimum Gasteiger partial charge on any atom is -0.316 e. The number of hydrogen-bond acceptors (Lipinski definition) is 2. The van der Waals surface area contributed by atoms with Crippen LogP contribution in [0.1, 0.15) is 63.7 Å². The quantitative estimate of drug-likeness (QED) is 0.652. The van der Waals surface area contributed by atoms with Gasteiger partial charge in [0.1, 0.15) is 0 Å². The first-order valence-corrected chi connectivity index (χ1v) is 9.75. The molecule has 3 heteroatoms. The van der Waals surface area contributed by atoms with Gasteiger partial charge in [0.15, 0.2) is 0 Å². The Labute approximate surface area is 139 Å². The van der Waals surface area contributed by atoms with Gasteiger partial charge < -0.3 is 5.32 Å². The maximum absolute atomic E-state index is 6.17. The summed E-state index contributed by atoms with van der Waals surface area (Å²) in [5, 5.41) is 3.68. The average molecular weight is 328 g/mol. The molecule has 1 nitrogen and oxygen atoms in total. The zero-order chi connectivity index (χ0) is 15.2. The second-order valence-corrected chi connectivity index (χ2v) is 8.77. The second-order valence-electron chi connectivity index (χ2n) is 7.03. The van der Waals surface area contributed by atoms with Gasteiger partial charge in [-0.3, -0.25) is 0 Å². The van der Waals surface area contributed by atoms with Gasteiger partial charge in [-0.15, -0.1) is 11.3 Å². The maximum atomic E-state index is 6.17. The van der Waals surface area contributed by atoms with Crippen LogP contribution in [0.3, 0.4) is 0 Å². The fraction of sp³-hybridized carbons (Fsp3) is 0.778. The molecule has 2 rings (SSSR count). The van der Waals surface area contributed by atoms with E-state index in [1.54, 1.807) is 11.3 Å². The topological polar surface area (TPSA) is 12.0 Å². The molecule has 1 fully saturated rings. The second kappa shape index (κ2) is 8.55. The van der Waals surface area contributed by atoms with Crippen molar-refractivity contribution in [1.82, 2.24) is 5.32 Å². The van der Waals surface area contributed by atoms with Crippen LogP contribution in [0.4, 0.5) is 0 Å². The Morgan fingerprint density at radius 3 is 2.76 bits per heavy atom. The number of halogens is 1. The number of rotatable bonds is 7. The Balaban J connectivity index is 2.00. The molecule has 0 amide bonds. The van der Waals surface area contributed by atoms with Gasteiger partial charge in [0, 0.05) is 4.88 Å². The van der Waals surface area contributed by atoms with E-state index in [1.807, 2.05) is 0 Å². The number of thiophene rings is 1. The predicted molar refractivity (Wildman–Crippen MR) is 95.5 cm³/mol. The highest BCUT2D eigenvalue weighted by Gasteiger charge is 2.31. The molecule has 1 saturated carbocycles. The maximum Gasteiger partial charge on any atom is 0.0931 e. The van der Waals surface area contributed by atoms with Crippen LogP contribution in [0.15, 0.2) is 12.1 Å². The van der Waals surface area contributed by atoms with Crippen LogP contribution in [0, 0.1) is 17.8 Å². The molecule has 0 radical (unpaired) electrons. The van der Waals surface area contributed by atoms with E-state index < -0.39 is 0 Å². The van der Waals surface area contributed by atoms with E-state index in [-0.39, 0.29) is 0 Å². The van der Waals surface area contributed by atoms with Gasteiger partial charge >= 0.3 is 0 Å². The highest BCUT2D eigenvalue weighted by atomic mass is 35.5. The summed E-state index contributed by atoms with van der Waals surface area (Å²) in [4.78, 5) is 1.51. The summed E-state index contributed by atoms with van der Waals surface area (Å²) in [6.07, 6.45) is 6.85. The third kappa shape index (κ3) is 5.26. The van der Waals surface area contributed by atoms with Gasteiger partial charge in [0.25, 0.3) is 0 Å². The van der Waals surface area contributed by atoms with Gasteiger partial charge in [-0.05, 0) is 61.7 Å². The zero-order valence-electron chi connectivity index (χ0n) is 13.7. The fourth-order valence-electron chi connectivity index (χ4n) is 3.67. The van der Waals surface area contributed by atoms with E-state index in [4.69, 9.17) is 11.6 Å².